The summed E-state index contributed by atoms with van der Waals surface area (Å²) in [5.41, 5.74) is 0.167. The first-order valence-electron chi connectivity index (χ1n) is 11.2. The largest absolute Gasteiger partial charge is 0.451 e. The molecule has 1 fully saturated rings. The molecule has 7 nitrogen and oxygen atoms in total. The summed E-state index contributed by atoms with van der Waals surface area (Å²) < 4.78 is 107. The Kier molecular flexibility index (Phi) is 7.48. The average Bonchev–Trinajstić information content (AvgIpc) is 3.18. The number of nitrogens with one attached hydrogen (secondary N) is 1. The third-order valence-electron chi connectivity index (χ3n) is 6.09. The van der Waals surface area contributed by atoms with Gasteiger partial charge in [0, 0.05) is 36.5 Å². The predicted molar refractivity (Wildman–Crippen MR) is 122 cm³/mol. The topological polar surface area (TPSA) is 92.3 Å². The number of carbonyl (C=O) groups is 1. The quantitative estimate of drug-likeness (QED) is 0.457. The minimum absolute atomic E-state index is 0.0369. The Hall–Kier alpha value is -3.52. The third-order valence-corrected chi connectivity index (χ3v) is 8.10. The fraction of sp³-hybridized carbons (Fsp3) is 0.292. The van der Waals surface area contributed by atoms with Crippen LogP contribution in [-0.2, 0) is 27.5 Å². The molecule has 0 spiro atoms. The second-order valence-electron chi connectivity index (χ2n) is 8.62. The first-order valence-corrected chi connectivity index (χ1v) is 12.6. The fourth-order valence-corrected chi connectivity index (χ4v) is 5.93. The summed E-state index contributed by atoms with van der Waals surface area (Å²) >= 11 is 0. The minimum atomic E-state index is -4.77. The highest BCUT2D eigenvalue weighted by Crippen LogP contribution is 2.33. The smallest absolute Gasteiger partial charge is 0.351 e. The van der Waals surface area contributed by atoms with E-state index in [9.17, 15) is 39.6 Å². The van der Waals surface area contributed by atoms with Crippen LogP contribution in [0.5, 0.6) is 0 Å². The van der Waals surface area contributed by atoms with E-state index in [1.807, 2.05) is 0 Å². The van der Waals surface area contributed by atoms with Gasteiger partial charge in [-0.2, -0.15) is 17.5 Å². The Bertz CT molecular complexity index is 1430. The number of aromatic nitrogens is 2. The Morgan fingerprint density at radius 2 is 1.71 bits per heavy atom. The average molecular weight is 559 g/mol. The summed E-state index contributed by atoms with van der Waals surface area (Å²) in [6, 6.07) is 4.94. The molecule has 1 saturated heterocycles. The minimum Gasteiger partial charge on any atom is -0.351 e. The first-order chi connectivity index (χ1) is 17.8. The second kappa shape index (κ2) is 10.3. The van der Waals surface area contributed by atoms with Crippen LogP contribution in [0.1, 0.15) is 24.7 Å². The van der Waals surface area contributed by atoms with Crippen molar-refractivity contribution in [2.75, 3.05) is 0 Å². The van der Waals surface area contributed by atoms with Crippen molar-refractivity contribution >= 4 is 15.9 Å². The second-order valence-corrected chi connectivity index (χ2v) is 10.5. The lowest BCUT2D eigenvalue weighted by Gasteiger charge is -2.27. The van der Waals surface area contributed by atoms with Crippen LogP contribution in [0.15, 0.2) is 59.8 Å². The van der Waals surface area contributed by atoms with E-state index in [0.717, 1.165) is 47.0 Å². The van der Waals surface area contributed by atoms with Crippen LogP contribution in [0.4, 0.5) is 26.3 Å². The van der Waals surface area contributed by atoms with E-state index in [2.05, 4.69) is 15.3 Å². The third kappa shape index (κ3) is 5.50. The molecule has 2 aromatic carbocycles. The van der Waals surface area contributed by atoms with Crippen molar-refractivity contribution < 1.29 is 39.6 Å². The fourth-order valence-electron chi connectivity index (χ4n) is 4.12. The molecule has 0 bridgehead atoms. The SMILES string of the molecule is C[C@H]1[C@H](F)C[C@@H](C(=O)NCc2ccc(F)c(-c3cnc(C(F)(F)F)nc3)c2)N1S(=O)(=O)c1ccc(F)cc1. The lowest BCUT2D eigenvalue weighted by atomic mass is 10.0. The number of rotatable bonds is 6. The molecule has 4 rings (SSSR count). The number of sulfonamides is 1. The Balaban J connectivity index is 1.52. The molecule has 3 aromatic rings. The number of alkyl halides is 4. The van der Waals surface area contributed by atoms with E-state index < -0.39 is 64.2 Å². The monoisotopic (exact) mass is 558 g/mol. The van der Waals surface area contributed by atoms with Crippen molar-refractivity contribution in [1.29, 1.82) is 0 Å². The van der Waals surface area contributed by atoms with Crippen molar-refractivity contribution in [2.24, 2.45) is 0 Å². The van der Waals surface area contributed by atoms with E-state index in [-0.39, 0.29) is 22.6 Å². The van der Waals surface area contributed by atoms with Crippen LogP contribution in [0.25, 0.3) is 11.1 Å². The molecule has 14 heteroatoms. The van der Waals surface area contributed by atoms with Gasteiger partial charge in [-0.15, -0.1) is 0 Å². The molecule has 0 aliphatic carbocycles. The molecule has 202 valence electrons. The Labute approximate surface area is 213 Å². The van der Waals surface area contributed by atoms with Gasteiger partial charge in [-0.25, -0.2) is 31.6 Å². The normalized spacial score (nSPS) is 20.4. The number of hydrogen-bond donors (Lipinski definition) is 1. The van der Waals surface area contributed by atoms with Crippen molar-refractivity contribution in [2.45, 2.75) is 49.2 Å². The van der Waals surface area contributed by atoms with Crippen LogP contribution in [0.3, 0.4) is 0 Å². The van der Waals surface area contributed by atoms with E-state index in [1.165, 1.54) is 19.1 Å². The molecule has 1 aromatic heterocycles. The number of amides is 1. The maximum absolute atomic E-state index is 14.6. The van der Waals surface area contributed by atoms with Gasteiger partial charge in [-0.05, 0) is 48.9 Å². The maximum atomic E-state index is 14.6. The van der Waals surface area contributed by atoms with E-state index in [4.69, 9.17) is 0 Å². The van der Waals surface area contributed by atoms with Crippen LogP contribution >= 0.6 is 0 Å². The number of carbonyl (C=O) groups excluding carboxylic acids is 1. The van der Waals surface area contributed by atoms with Crippen molar-refractivity contribution in [1.82, 2.24) is 19.6 Å². The zero-order chi connectivity index (χ0) is 27.8. The van der Waals surface area contributed by atoms with E-state index >= 15 is 0 Å². The summed E-state index contributed by atoms with van der Waals surface area (Å²) in [6.07, 6.45) is -5.19. The molecule has 1 aliphatic heterocycles. The lowest BCUT2D eigenvalue weighted by molar-refractivity contribution is -0.145. The van der Waals surface area contributed by atoms with Crippen molar-refractivity contribution in [3.8, 4) is 11.1 Å². The van der Waals surface area contributed by atoms with Gasteiger partial charge in [0.25, 0.3) is 0 Å². The Morgan fingerprint density at radius 3 is 2.32 bits per heavy atom. The predicted octanol–water partition coefficient (Wildman–Crippen LogP) is 4.25. The van der Waals surface area contributed by atoms with Crippen molar-refractivity contribution in [3.63, 3.8) is 0 Å². The van der Waals surface area contributed by atoms with Crippen LogP contribution in [0.2, 0.25) is 0 Å². The van der Waals surface area contributed by atoms with Gasteiger partial charge >= 0.3 is 6.18 Å². The molecular weight excluding hydrogens is 538 g/mol. The van der Waals surface area contributed by atoms with Gasteiger partial charge in [-0.3, -0.25) is 4.79 Å². The van der Waals surface area contributed by atoms with Gasteiger partial charge < -0.3 is 5.32 Å². The molecule has 1 aliphatic rings. The van der Waals surface area contributed by atoms with Gasteiger partial charge in [0.2, 0.25) is 21.8 Å². The highest BCUT2D eigenvalue weighted by atomic mass is 32.2. The summed E-state index contributed by atoms with van der Waals surface area (Å²) in [4.78, 5) is 19.1. The molecule has 2 heterocycles. The van der Waals surface area contributed by atoms with Crippen LogP contribution in [0, 0.1) is 11.6 Å². The summed E-state index contributed by atoms with van der Waals surface area (Å²) in [5.74, 6) is -3.64. The van der Waals surface area contributed by atoms with Crippen molar-refractivity contribution in [3.05, 3.63) is 77.9 Å². The van der Waals surface area contributed by atoms with Gasteiger partial charge in [0.05, 0.1) is 10.9 Å². The zero-order valence-corrected chi connectivity index (χ0v) is 20.4. The number of benzene rings is 2. The highest BCUT2D eigenvalue weighted by molar-refractivity contribution is 7.89. The molecule has 1 N–H and O–H groups in total. The standard InChI is InChI=1S/C24H20F6N4O3S/c1-13-20(27)9-21(34(13)38(36,37)17-5-3-16(25)4-6-17)22(35)31-10-14-2-7-19(26)18(8-14)15-11-32-23(33-12-15)24(28,29)30/h2-8,11-13,20-21H,9-10H2,1H3,(H,31,35)/t13-,20+,21-/m0/s1. The molecule has 0 radical (unpaired) electrons. The van der Waals surface area contributed by atoms with Gasteiger partial charge in [0.15, 0.2) is 0 Å². The van der Waals surface area contributed by atoms with Gasteiger partial charge in [-0.1, -0.05) is 6.07 Å². The van der Waals surface area contributed by atoms with Gasteiger partial charge in [0.1, 0.15) is 23.8 Å². The molecule has 38 heavy (non-hydrogen) atoms. The molecular formula is C24H20F6N4O3S. The summed E-state index contributed by atoms with van der Waals surface area (Å²) in [7, 11) is -4.35. The molecule has 0 saturated carbocycles. The Morgan fingerprint density at radius 1 is 1.08 bits per heavy atom. The highest BCUT2D eigenvalue weighted by Gasteiger charge is 2.49. The number of halogens is 6. The van der Waals surface area contributed by atoms with Crippen LogP contribution in [-0.4, -0.2) is 46.9 Å². The molecule has 1 amide bonds. The van der Waals surface area contributed by atoms with Crippen LogP contribution < -0.4 is 5.32 Å². The molecule has 0 unspecified atom stereocenters. The van der Waals surface area contributed by atoms with E-state index in [1.54, 1.807) is 0 Å². The summed E-state index contributed by atoms with van der Waals surface area (Å²) in [6.45, 7) is 1.09. The molecule has 3 atom stereocenters. The maximum Gasteiger partial charge on any atom is 0.451 e. The lowest BCUT2D eigenvalue weighted by Crippen LogP contribution is -2.48. The zero-order valence-electron chi connectivity index (χ0n) is 19.6. The summed E-state index contributed by atoms with van der Waals surface area (Å²) in [5, 5.41) is 2.50. The number of nitrogens with zero attached hydrogens (tertiary/aromatic N) is 3. The van der Waals surface area contributed by atoms with E-state index in [0.29, 0.717) is 5.56 Å². The first kappa shape index (κ1) is 27.5. The number of hydrogen-bond acceptors (Lipinski definition) is 5.